The van der Waals surface area contributed by atoms with Crippen molar-refractivity contribution in [2.45, 2.75) is 45.1 Å². The van der Waals surface area contributed by atoms with Crippen LogP contribution in [0.15, 0.2) is 23.7 Å². The van der Waals surface area contributed by atoms with Crippen LogP contribution in [0.5, 0.6) is 0 Å². The normalized spacial score (nSPS) is 18.1. The van der Waals surface area contributed by atoms with Gasteiger partial charge < -0.3 is 10.4 Å². The van der Waals surface area contributed by atoms with Crippen LogP contribution >= 0.6 is 11.3 Å². The summed E-state index contributed by atoms with van der Waals surface area (Å²) >= 11 is 1.75. The molecule has 0 aliphatic heterocycles. The minimum absolute atomic E-state index is 0.310. The molecule has 0 aromatic carbocycles. The maximum absolute atomic E-state index is 9.36. The molecule has 1 aliphatic rings. The Labute approximate surface area is 130 Å². The van der Waals surface area contributed by atoms with Crippen molar-refractivity contribution in [1.29, 1.82) is 0 Å². The van der Waals surface area contributed by atoms with Gasteiger partial charge in [-0.25, -0.2) is 0 Å². The fourth-order valence-electron chi connectivity index (χ4n) is 3.51. The first-order chi connectivity index (χ1) is 10.3. The number of rotatable bonds is 6. The average Bonchev–Trinajstić information content (AvgIpc) is 2.96. The van der Waals surface area contributed by atoms with E-state index in [2.05, 4.69) is 27.8 Å². The summed E-state index contributed by atoms with van der Waals surface area (Å²) in [7, 11) is 0. The SMILES string of the molecule is OCCC1(CNCc2cnc3ccsc3c2)CCCCC1. The largest absolute Gasteiger partial charge is 0.396 e. The van der Waals surface area contributed by atoms with Gasteiger partial charge in [0.2, 0.25) is 0 Å². The van der Waals surface area contributed by atoms with E-state index in [0.717, 1.165) is 25.0 Å². The van der Waals surface area contributed by atoms with Crippen molar-refractivity contribution in [2.75, 3.05) is 13.2 Å². The van der Waals surface area contributed by atoms with Crippen molar-refractivity contribution >= 4 is 21.6 Å². The zero-order valence-electron chi connectivity index (χ0n) is 12.5. The summed E-state index contributed by atoms with van der Waals surface area (Å²) in [5.41, 5.74) is 2.65. The molecule has 0 spiro atoms. The van der Waals surface area contributed by atoms with Gasteiger partial charge in [-0.3, -0.25) is 4.98 Å². The van der Waals surface area contributed by atoms with Crippen LogP contribution in [0.4, 0.5) is 0 Å². The van der Waals surface area contributed by atoms with E-state index in [0.29, 0.717) is 12.0 Å². The molecule has 3 rings (SSSR count). The lowest BCUT2D eigenvalue weighted by atomic mass is 9.72. The second kappa shape index (κ2) is 6.86. The third-order valence-corrected chi connectivity index (χ3v) is 5.60. The molecule has 0 bridgehead atoms. The zero-order valence-corrected chi connectivity index (χ0v) is 13.3. The van der Waals surface area contributed by atoms with E-state index in [9.17, 15) is 5.11 Å². The number of thiophene rings is 1. The van der Waals surface area contributed by atoms with Gasteiger partial charge in [0.25, 0.3) is 0 Å². The van der Waals surface area contributed by atoms with Gasteiger partial charge in [0.15, 0.2) is 0 Å². The van der Waals surface area contributed by atoms with Crippen molar-refractivity contribution in [3.8, 4) is 0 Å². The summed E-state index contributed by atoms with van der Waals surface area (Å²) in [6.45, 7) is 2.19. The van der Waals surface area contributed by atoms with Crippen LogP contribution in [0.25, 0.3) is 10.2 Å². The first-order valence-electron chi connectivity index (χ1n) is 7.95. The standard InChI is InChI=1S/C17H24N2OS/c20-8-7-17(5-2-1-3-6-17)13-18-11-14-10-16-15(19-12-14)4-9-21-16/h4,9-10,12,18,20H,1-3,5-8,11,13H2. The second-order valence-corrected chi connectivity index (χ2v) is 7.23. The van der Waals surface area contributed by atoms with Gasteiger partial charge >= 0.3 is 0 Å². The van der Waals surface area contributed by atoms with Crippen molar-refractivity contribution < 1.29 is 5.11 Å². The van der Waals surface area contributed by atoms with Crippen LogP contribution in [0.3, 0.4) is 0 Å². The highest BCUT2D eigenvalue weighted by Gasteiger charge is 2.30. The summed E-state index contributed by atoms with van der Waals surface area (Å²) in [4.78, 5) is 4.49. The third kappa shape index (κ3) is 3.62. The van der Waals surface area contributed by atoms with E-state index in [4.69, 9.17) is 0 Å². The highest BCUT2D eigenvalue weighted by Crippen LogP contribution is 2.38. The maximum Gasteiger partial charge on any atom is 0.0809 e. The Bertz CT molecular complexity index is 569. The van der Waals surface area contributed by atoms with Crippen molar-refractivity contribution in [2.24, 2.45) is 5.41 Å². The second-order valence-electron chi connectivity index (χ2n) is 6.29. The number of pyridine rings is 1. The summed E-state index contributed by atoms with van der Waals surface area (Å²) in [5, 5.41) is 15.1. The molecule has 2 aromatic rings. The van der Waals surface area contributed by atoms with Crippen LogP contribution in [0.1, 0.15) is 44.1 Å². The number of aromatic nitrogens is 1. The van der Waals surface area contributed by atoms with Gasteiger partial charge in [-0.1, -0.05) is 19.3 Å². The van der Waals surface area contributed by atoms with Gasteiger partial charge in [-0.2, -0.15) is 0 Å². The van der Waals surface area contributed by atoms with Crippen LogP contribution in [0.2, 0.25) is 0 Å². The van der Waals surface area contributed by atoms with Gasteiger partial charge in [-0.15, -0.1) is 11.3 Å². The lowest BCUT2D eigenvalue weighted by Gasteiger charge is -2.37. The number of fused-ring (bicyclic) bond motifs is 1. The number of aliphatic hydroxyl groups is 1. The summed E-state index contributed by atoms with van der Waals surface area (Å²) in [6.07, 6.45) is 9.39. The van der Waals surface area contributed by atoms with Crippen LogP contribution in [0, 0.1) is 5.41 Å². The predicted molar refractivity (Wildman–Crippen MR) is 88.5 cm³/mol. The van der Waals surface area contributed by atoms with Crippen molar-refractivity contribution in [1.82, 2.24) is 10.3 Å². The van der Waals surface area contributed by atoms with E-state index in [1.807, 2.05) is 6.20 Å². The highest BCUT2D eigenvalue weighted by atomic mass is 32.1. The molecule has 2 aromatic heterocycles. The Morgan fingerprint density at radius 3 is 2.95 bits per heavy atom. The monoisotopic (exact) mass is 304 g/mol. The van der Waals surface area contributed by atoms with E-state index in [-0.39, 0.29) is 0 Å². The van der Waals surface area contributed by atoms with Crippen molar-refractivity contribution in [3.05, 3.63) is 29.3 Å². The Balaban J connectivity index is 1.58. The highest BCUT2D eigenvalue weighted by molar-refractivity contribution is 7.17. The molecule has 0 saturated heterocycles. The zero-order chi connectivity index (χ0) is 14.5. The minimum atomic E-state index is 0.310. The molecule has 2 heterocycles. The molecule has 1 fully saturated rings. The first kappa shape index (κ1) is 14.9. The van der Waals surface area contributed by atoms with Gasteiger partial charge in [0, 0.05) is 25.9 Å². The van der Waals surface area contributed by atoms with Crippen LogP contribution in [-0.2, 0) is 6.54 Å². The van der Waals surface area contributed by atoms with Gasteiger partial charge in [-0.05, 0) is 47.8 Å². The number of nitrogens with one attached hydrogen (secondary N) is 1. The predicted octanol–water partition coefficient (Wildman–Crippen LogP) is 3.72. The molecule has 0 amide bonds. The fourth-order valence-corrected chi connectivity index (χ4v) is 4.31. The molecule has 2 N–H and O–H groups in total. The third-order valence-electron chi connectivity index (χ3n) is 4.74. The number of hydrogen-bond donors (Lipinski definition) is 2. The molecule has 4 heteroatoms. The van der Waals surface area contributed by atoms with E-state index < -0.39 is 0 Å². The molecule has 0 atom stereocenters. The summed E-state index contributed by atoms with van der Waals surface area (Å²) < 4.78 is 1.26. The Morgan fingerprint density at radius 1 is 1.29 bits per heavy atom. The lowest BCUT2D eigenvalue weighted by Crippen LogP contribution is -2.36. The number of hydrogen-bond acceptors (Lipinski definition) is 4. The molecular formula is C17H24N2OS. The van der Waals surface area contributed by atoms with Crippen LogP contribution in [-0.4, -0.2) is 23.2 Å². The summed E-state index contributed by atoms with van der Waals surface area (Å²) in [5.74, 6) is 0. The maximum atomic E-state index is 9.36. The quantitative estimate of drug-likeness (QED) is 0.855. The molecule has 0 unspecified atom stereocenters. The number of nitrogens with zero attached hydrogens (tertiary/aromatic N) is 1. The Kier molecular flexibility index (Phi) is 4.88. The first-order valence-corrected chi connectivity index (χ1v) is 8.83. The van der Waals surface area contributed by atoms with Gasteiger partial charge in [0.1, 0.15) is 0 Å². The Morgan fingerprint density at radius 2 is 2.14 bits per heavy atom. The molecule has 0 radical (unpaired) electrons. The topological polar surface area (TPSA) is 45.1 Å². The van der Waals surface area contributed by atoms with Crippen LogP contribution < -0.4 is 5.32 Å². The van der Waals surface area contributed by atoms with E-state index in [1.54, 1.807) is 11.3 Å². The average molecular weight is 304 g/mol. The number of aliphatic hydroxyl groups excluding tert-OH is 1. The van der Waals surface area contributed by atoms with Gasteiger partial charge in [0.05, 0.1) is 10.2 Å². The fraction of sp³-hybridized carbons (Fsp3) is 0.588. The molecule has 1 saturated carbocycles. The smallest absolute Gasteiger partial charge is 0.0809 e. The molecule has 3 nitrogen and oxygen atoms in total. The lowest BCUT2D eigenvalue weighted by molar-refractivity contribution is 0.126. The van der Waals surface area contributed by atoms with E-state index in [1.165, 1.54) is 42.4 Å². The minimum Gasteiger partial charge on any atom is -0.396 e. The molecule has 1 aliphatic carbocycles. The van der Waals surface area contributed by atoms with Crippen molar-refractivity contribution in [3.63, 3.8) is 0 Å². The molecule has 21 heavy (non-hydrogen) atoms. The summed E-state index contributed by atoms with van der Waals surface area (Å²) in [6, 6.07) is 4.30. The molecular weight excluding hydrogens is 280 g/mol. The van der Waals surface area contributed by atoms with E-state index >= 15 is 0 Å². The molecule has 114 valence electrons. The Hall–Kier alpha value is -0.970.